The molecule has 0 amide bonds. The third kappa shape index (κ3) is 2.16. The van der Waals surface area contributed by atoms with E-state index in [0.717, 1.165) is 21.5 Å². The Bertz CT molecular complexity index is 688. The van der Waals surface area contributed by atoms with Gasteiger partial charge in [-0.15, -0.1) is 0 Å². The fourth-order valence-corrected chi connectivity index (χ4v) is 2.22. The van der Waals surface area contributed by atoms with E-state index in [1.807, 2.05) is 39.7 Å². The van der Waals surface area contributed by atoms with Crippen LogP contribution in [0.1, 0.15) is 11.3 Å². The minimum Gasteiger partial charge on any atom is -0.392 e. The number of aliphatic hydroxyl groups is 1. The van der Waals surface area contributed by atoms with E-state index in [1.165, 1.54) is 0 Å². The van der Waals surface area contributed by atoms with Crippen molar-refractivity contribution in [2.24, 2.45) is 0 Å². The monoisotopic (exact) mass is 306 g/mol. The van der Waals surface area contributed by atoms with Crippen LogP contribution in [-0.4, -0.2) is 24.0 Å². The first-order valence-electron chi connectivity index (χ1n) is 5.49. The van der Waals surface area contributed by atoms with Gasteiger partial charge < -0.3 is 14.1 Å². The molecule has 6 heteroatoms. The van der Waals surface area contributed by atoms with Crippen molar-refractivity contribution in [1.82, 2.24) is 18.9 Å². The van der Waals surface area contributed by atoms with Crippen molar-refractivity contribution in [3.63, 3.8) is 0 Å². The minimum absolute atomic E-state index is 0.0396. The normalized spacial score (nSPS) is 11.2. The number of aromatic nitrogens is 4. The number of imidazole rings is 2. The molecule has 0 aliphatic rings. The molecule has 18 heavy (non-hydrogen) atoms. The van der Waals surface area contributed by atoms with Crippen LogP contribution >= 0.6 is 15.9 Å². The Morgan fingerprint density at radius 3 is 2.83 bits per heavy atom. The van der Waals surface area contributed by atoms with Gasteiger partial charge in [0, 0.05) is 18.6 Å². The average Bonchev–Trinajstić information content (AvgIpc) is 2.94. The number of aliphatic hydroxyl groups excluding tert-OH is 1. The van der Waals surface area contributed by atoms with Crippen molar-refractivity contribution in [3.8, 4) is 0 Å². The number of fused-ring (bicyclic) bond motifs is 1. The van der Waals surface area contributed by atoms with Gasteiger partial charge in [0.2, 0.25) is 0 Å². The Labute approximate surface area is 112 Å². The van der Waals surface area contributed by atoms with E-state index >= 15 is 0 Å². The zero-order valence-corrected chi connectivity index (χ0v) is 11.1. The lowest BCUT2D eigenvalue weighted by atomic mass is 10.3. The predicted octanol–water partition coefficient (Wildman–Crippen LogP) is 1.83. The maximum Gasteiger partial charge on any atom is 0.137 e. The summed E-state index contributed by atoms with van der Waals surface area (Å²) in [4.78, 5) is 8.62. The number of nitrogens with zero attached hydrogens (tertiary/aromatic N) is 4. The Kier molecular flexibility index (Phi) is 2.89. The highest BCUT2D eigenvalue weighted by Gasteiger charge is 2.03. The van der Waals surface area contributed by atoms with E-state index in [1.54, 1.807) is 6.33 Å². The largest absolute Gasteiger partial charge is 0.392 e. The topological polar surface area (TPSA) is 55.4 Å². The summed E-state index contributed by atoms with van der Waals surface area (Å²) in [6.07, 6.45) is 7.51. The van der Waals surface area contributed by atoms with Gasteiger partial charge >= 0.3 is 0 Å². The molecule has 0 spiro atoms. The Balaban J connectivity index is 1.93. The highest BCUT2D eigenvalue weighted by Crippen LogP contribution is 2.11. The van der Waals surface area contributed by atoms with Crippen LogP contribution in [0.4, 0.5) is 0 Å². The van der Waals surface area contributed by atoms with Crippen LogP contribution in [-0.2, 0) is 13.2 Å². The minimum atomic E-state index is 0.0396. The van der Waals surface area contributed by atoms with Gasteiger partial charge in [-0.05, 0) is 27.6 Å². The smallest absolute Gasteiger partial charge is 0.137 e. The summed E-state index contributed by atoms with van der Waals surface area (Å²) in [6, 6.07) is 3.78. The molecule has 1 N–H and O–H groups in total. The standard InChI is InChI=1S/C12H11BrN4O/c13-11-6-16(8-14-11)4-10-5-17-3-9(7-18)1-2-12(17)15-10/h1-3,5-6,8,18H,4,7H2. The second-order valence-electron chi connectivity index (χ2n) is 4.06. The molecule has 5 nitrogen and oxygen atoms in total. The van der Waals surface area contributed by atoms with Gasteiger partial charge in [0.15, 0.2) is 0 Å². The molecule has 0 unspecified atom stereocenters. The van der Waals surface area contributed by atoms with Crippen LogP contribution in [0.25, 0.3) is 5.65 Å². The highest BCUT2D eigenvalue weighted by atomic mass is 79.9. The Morgan fingerprint density at radius 2 is 2.11 bits per heavy atom. The molecule has 0 aliphatic heterocycles. The molecule has 3 heterocycles. The summed E-state index contributed by atoms with van der Waals surface area (Å²) >= 11 is 3.31. The summed E-state index contributed by atoms with van der Waals surface area (Å²) < 4.78 is 4.69. The summed E-state index contributed by atoms with van der Waals surface area (Å²) in [7, 11) is 0. The van der Waals surface area contributed by atoms with Gasteiger partial charge in [-0.2, -0.15) is 0 Å². The molecule has 0 radical (unpaired) electrons. The predicted molar refractivity (Wildman–Crippen MR) is 70.1 cm³/mol. The Hall–Kier alpha value is -1.66. The number of hydrogen-bond acceptors (Lipinski definition) is 3. The van der Waals surface area contributed by atoms with Crippen molar-refractivity contribution in [2.75, 3.05) is 0 Å². The van der Waals surface area contributed by atoms with E-state index in [2.05, 4.69) is 25.9 Å². The van der Waals surface area contributed by atoms with E-state index in [9.17, 15) is 0 Å². The third-order valence-electron chi connectivity index (χ3n) is 2.69. The summed E-state index contributed by atoms with van der Waals surface area (Å²) in [5.41, 5.74) is 2.70. The van der Waals surface area contributed by atoms with Gasteiger partial charge in [-0.25, -0.2) is 9.97 Å². The molecule has 0 atom stereocenters. The lowest BCUT2D eigenvalue weighted by Gasteiger charge is -1.96. The first-order chi connectivity index (χ1) is 8.74. The second kappa shape index (κ2) is 4.55. The van der Waals surface area contributed by atoms with Crippen LogP contribution in [0.5, 0.6) is 0 Å². The Morgan fingerprint density at radius 1 is 1.22 bits per heavy atom. The van der Waals surface area contributed by atoms with E-state index in [0.29, 0.717) is 6.54 Å². The summed E-state index contributed by atoms with van der Waals surface area (Å²) in [5, 5.41) is 9.09. The van der Waals surface area contributed by atoms with Crippen LogP contribution < -0.4 is 0 Å². The van der Waals surface area contributed by atoms with Crippen LogP contribution in [0, 0.1) is 0 Å². The van der Waals surface area contributed by atoms with Crippen molar-refractivity contribution in [3.05, 3.63) is 52.9 Å². The molecule has 0 saturated carbocycles. The molecule has 0 bridgehead atoms. The summed E-state index contributed by atoms with van der Waals surface area (Å²) in [6.45, 7) is 0.715. The average molecular weight is 307 g/mol. The van der Waals surface area contributed by atoms with Gasteiger partial charge in [-0.1, -0.05) is 6.07 Å². The molecule has 3 aromatic rings. The van der Waals surface area contributed by atoms with Crippen LogP contribution in [0.2, 0.25) is 0 Å². The van der Waals surface area contributed by atoms with Gasteiger partial charge in [-0.3, -0.25) is 0 Å². The van der Waals surface area contributed by atoms with Crippen LogP contribution in [0.15, 0.2) is 41.7 Å². The molecule has 0 aromatic carbocycles. The molecule has 0 saturated heterocycles. The van der Waals surface area contributed by atoms with Crippen molar-refractivity contribution >= 4 is 21.6 Å². The van der Waals surface area contributed by atoms with Crippen LogP contribution in [0.3, 0.4) is 0 Å². The fourth-order valence-electron chi connectivity index (χ4n) is 1.87. The SMILES string of the molecule is OCc1ccc2nc(Cn3cnc(Br)c3)cn2c1. The first kappa shape index (κ1) is 11.4. The molecular weight excluding hydrogens is 296 g/mol. The van der Waals surface area contributed by atoms with Gasteiger partial charge in [0.1, 0.15) is 10.3 Å². The lowest BCUT2D eigenvalue weighted by Crippen LogP contribution is -1.95. The number of rotatable bonds is 3. The lowest BCUT2D eigenvalue weighted by molar-refractivity contribution is 0.281. The first-order valence-corrected chi connectivity index (χ1v) is 6.28. The molecule has 0 aliphatic carbocycles. The number of pyridine rings is 1. The van der Waals surface area contributed by atoms with Gasteiger partial charge in [0.05, 0.1) is 25.2 Å². The van der Waals surface area contributed by atoms with Gasteiger partial charge in [0.25, 0.3) is 0 Å². The van der Waals surface area contributed by atoms with E-state index in [4.69, 9.17) is 5.11 Å². The van der Waals surface area contributed by atoms with Crippen molar-refractivity contribution in [2.45, 2.75) is 13.2 Å². The number of hydrogen-bond donors (Lipinski definition) is 1. The number of halogens is 1. The molecule has 3 aromatic heterocycles. The maximum absolute atomic E-state index is 9.09. The summed E-state index contributed by atoms with van der Waals surface area (Å²) in [5.74, 6) is 0. The maximum atomic E-state index is 9.09. The van der Waals surface area contributed by atoms with Crippen molar-refractivity contribution in [1.29, 1.82) is 0 Å². The second-order valence-corrected chi connectivity index (χ2v) is 4.87. The van der Waals surface area contributed by atoms with Crippen molar-refractivity contribution < 1.29 is 5.11 Å². The molecular formula is C12H11BrN4O. The molecule has 92 valence electrons. The zero-order chi connectivity index (χ0) is 12.5. The highest BCUT2D eigenvalue weighted by molar-refractivity contribution is 9.10. The zero-order valence-electron chi connectivity index (χ0n) is 9.49. The quantitative estimate of drug-likeness (QED) is 0.803. The molecule has 3 rings (SSSR count). The molecule has 0 fully saturated rings. The third-order valence-corrected chi connectivity index (χ3v) is 3.10. The van der Waals surface area contributed by atoms with E-state index < -0.39 is 0 Å². The fraction of sp³-hybridized carbons (Fsp3) is 0.167. The van der Waals surface area contributed by atoms with E-state index in [-0.39, 0.29) is 6.61 Å².